The van der Waals surface area contributed by atoms with Crippen LogP contribution in [0.3, 0.4) is 0 Å². The molecule has 1 N–H and O–H groups in total. The molecule has 0 amide bonds. The normalized spacial score (nSPS) is 27.2. The molecular formula is C16H22O2. The summed E-state index contributed by atoms with van der Waals surface area (Å²) in [7, 11) is 0. The molecule has 1 aromatic carbocycles. The minimum absolute atomic E-state index is 0.0758. The summed E-state index contributed by atoms with van der Waals surface area (Å²) in [6.07, 6.45) is 1.71. The van der Waals surface area contributed by atoms with Crippen LogP contribution in [0.5, 0.6) is 0 Å². The zero-order chi connectivity index (χ0) is 13.3. The van der Waals surface area contributed by atoms with Gasteiger partial charge in [-0.1, -0.05) is 45.0 Å². The average molecular weight is 246 g/mol. The van der Waals surface area contributed by atoms with Crippen LogP contribution in [0.25, 0.3) is 0 Å². The number of aliphatic hydroxyl groups excluding tert-OH is 1. The second kappa shape index (κ2) is 4.85. The van der Waals surface area contributed by atoms with Gasteiger partial charge >= 0.3 is 0 Å². The van der Waals surface area contributed by atoms with E-state index in [0.29, 0.717) is 18.1 Å². The maximum atomic E-state index is 12.1. The first-order chi connectivity index (χ1) is 8.44. The number of Topliss-reactive ketones (excluding diaryl/α,β-unsaturated/α-hetero) is 1. The highest BCUT2D eigenvalue weighted by Crippen LogP contribution is 2.45. The number of hydrogen-bond donors (Lipinski definition) is 1. The molecule has 2 nitrogen and oxygen atoms in total. The molecule has 18 heavy (non-hydrogen) atoms. The lowest BCUT2D eigenvalue weighted by Crippen LogP contribution is -2.36. The molecule has 0 heterocycles. The number of aliphatic hydroxyl groups is 1. The molecule has 98 valence electrons. The van der Waals surface area contributed by atoms with Crippen molar-refractivity contribution in [3.63, 3.8) is 0 Å². The van der Waals surface area contributed by atoms with E-state index in [1.54, 1.807) is 0 Å². The van der Waals surface area contributed by atoms with Crippen molar-refractivity contribution in [1.82, 2.24) is 0 Å². The maximum absolute atomic E-state index is 12.1. The van der Waals surface area contributed by atoms with Crippen LogP contribution in [0, 0.1) is 11.3 Å². The molecule has 0 spiro atoms. The van der Waals surface area contributed by atoms with Gasteiger partial charge in [-0.3, -0.25) is 4.79 Å². The summed E-state index contributed by atoms with van der Waals surface area (Å²) < 4.78 is 0. The highest BCUT2D eigenvalue weighted by molar-refractivity contribution is 5.83. The van der Waals surface area contributed by atoms with Crippen molar-refractivity contribution in [2.75, 3.05) is 0 Å². The summed E-state index contributed by atoms with van der Waals surface area (Å²) in [5.41, 5.74) is 2.23. The van der Waals surface area contributed by atoms with E-state index in [2.05, 4.69) is 26.0 Å². The molecule has 0 radical (unpaired) electrons. The standard InChI is InChI=1S/C16H22O2/c1-11-15(18)8-14(9-16(11,2)3)13-6-4-12(10-17)5-7-13/h4-7,11,14,17H,8-10H2,1-3H3/t11-,14+/m0/s1. The second-order valence-corrected chi connectivity index (χ2v) is 6.18. The van der Waals surface area contributed by atoms with Crippen LogP contribution in [0.2, 0.25) is 0 Å². The number of benzene rings is 1. The van der Waals surface area contributed by atoms with Gasteiger partial charge in [0.05, 0.1) is 6.61 Å². The Morgan fingerprint density at radius 1 is 1.28 bits per heavy atom. The zero-order valence-corrected chi connectivity index (χ0v) is 11.4. The first-order valence-corrected chi connectivity index (χ1v) is 6.66. The van der Waals surface area contributed by atoms with Gasteiger partial charge < -0.3 is 5.11 Å². The molecule has 0 bridgehead atoms. The Labute approximate surface area is 109 Å². The third-order valence-corrected chi connectivity index (χ3v) is 4.51. The van der Waals surface area contributed by atoms with E-state index in [4.69, 9.17) is 5.11 Å². The van der Waals surface area contributed by atoms with Gasteiger partial charge in [-0.15, -0.1) is 0 Å². The molecule has 2 atom stereocenters. The minimum Gasteiger partial charge on any atom is -0.392 e. The molecule has 1 aliphatic rings. The van der Waals surface area contributed by atoms with Gasteiger partial charge in [-0.2, -0.15) is 0 Å². The molecule has 1 aliphatic carbocycles. The summed E-state index contributed by atoms with van der Waals surface area (Å²) in [5.74, 6) is 0.865. The highest BCUT2D eigenvalue weighted by Gasteiger charge is 2.39. The van der Waals surface area contributed by atoms with E-state index in [1.165, 1.54) is 5.56 Å². The van der Waals surface area contributed by atoms with Crippen molar-refractivity contribution < 1.29 is 9.90 Å². The van der Waals surface area contributed by atoms with Gasteiger partial charge in [-0.05, 0) is 28.9 Å². The van der Waals surface area contributed by atoms with Crippen LogP contribution >= 0.6 is 0 Å². The summed E-state index contributed by atoms with van der Waals surface area (Å²) in [6, 6.07) is 8.00. The Balaban J connectivity index is 2.20. The van der Waals surface area contributed by atoms with Crippen molar-refractivity contribution >= 4 is 5.78 Å². The molecule has 2 rings (SSSR count). The monoisotopic (exact) mass is 246 g/mol. The summed E-state index contributed by atoms with van der Waals surface area (Å²) in [6.45, 7) is 6.49. The molecule has 2 heteroatoms. The molecule has 1 fully saturated rings. The average Bonchev–Trinajstić information content (AvgIpc) is 2.35. The van der Waals surface area contributed by atoms with Crippen LogP contribution in [-0.4, -0.2) is 10.9 Å². The van der Waals surface area contributed by atoms with Crippen molar-refractivity contribution in [3.05, 3.63) is 35.4 Å². The molecule has 1 aromatic rings. The lowest BCUT2D eigenvalue weighted by Gasteiger charge is -2.39. The van der Waals surface area contributed by atoms with Gasteiger partial charge in [0.1, 0.15) is 5.78 Å². The lowest BCUT2D eigenvalue weighted by molar-refractivity contribution is -0.129. The van der Waals surface area contributed by atoms with E-state index in [-0.39, 0.29) is 17.9 Å². The van der Waals surface area contributed by atoms with Crippen molar-refractivity contribution in [3.8, 4) is 0 Å². The van der Waals surface area contributed by atoms with E-state index in [9.17, 15) is 4.79 Å². The van der Waals surface area contributed by atoms with Gasteiger partial charge in [-0.25, -0.2) is 0 Å². The Hall–Kier alpha value is -1.15. The lowest BCUT2D eigenvalue weighted by atomic mass is 9.64. The summed E-state index contributed by atoms with van der Waals surface area (Å²) >= 11 is 0. The van der Waals surface area contributed by atoms with Gasteiger partial charge in [0.2, 0.25) is 0 Å². The quantitative estimate of drug-likeness (QED) is 0.869. The number of carbonyl (C=O) groups is 1. The van der Waals surface area contributed by atoms with Crippen LogP contribution in [-0.2, 0) is 11.4 Å². The van der Waals surface area contributed by atoms with E-state index in [0.717, 1.165) is 12.0 Å². The fourth-order valence-corrected chi connectivity index (χ4v) is 2.87. The van der Waals surface area contributed by atoms with E-state index >= 15 is 0 Å². The Morgan fingerprint density at radius 3 is 2.39 bits per heavy atom. The topological polar surface area (TPSA) is 37.3 Å². The predicted octanol–water partition coefficient (Wildman–Crippen LogP) is 3.29. The van der Waals surface area contributed by atoms with Crippen LogP contribution in [0.1, 0.15) is 50.7 Å². The van der Waals surface area contributed by atoms with Gasteiger partial charge in [0.25, 0.3) is 0 Å². The Kier molecular flexibility index (Phi) is 3.58. The van der Waals surface area contributed by atoms with Crippen LogP contribution in [0.4, 0.5) is 0 Å². The first kappa shape index (κ1) is 13.3. The molecule has 0 unspecified atom stereocenters. The number of hydrogen-bond acceptors (Lipinski definition) is 2. The largest absolute Gasteiger partial charge is 0.392 e. The fourth-order valence-electron chi connectivity index (χ4n) is 2.87. The SMILES string of the molecule is C[C@H]1C(=O)C[C@@H](c2ccc(CO)cc2)CC1(C)C. The fraction of sp³-hybridized carbons (Fsp3) is 0.562. The molecule has 0 aromatic heterocycles. The van der Waals surface area contributed by atoms with E-state index in [1.807, 2.05) is 19.1 Å². The smallest absolute Gasteiger partial charge is 0.136 e. The maximum Gasteiger partial charge on any atom is 0.136 e. The van der Waals surface area contributed by atoms with Crippen LogP contribution in [0.15, 0.2) is 24.3 Å². The zero-order valence-electron chi connectivity index (χ0n) is 11.4. The second-order valence-electron chi connectivity index (χ2n) is 6.18. The number of rotatable bonds is 2. The molecule has 1 saturated carbocycles. The van der Waals surface area contributed by atoms with Crippen LogP contribution < -0.4 is 0 Å². The molecule has 0 saturated heterocycles. The van der Waals surface area contributed by atoms with Crippen molar-refractivity contribution in [2.24, 2.45) is 11.3 Å². The highest BCUT2D eigenvalue weighted by atomic mass is 16.3. The third-order valence-electron chi connectivity index (χ3n) is 4.51. The summed E-state index contributed by atoms with van der Waals surface area (Å²) in [4.78, 5) is 12.1. The van der Waals surface area contributed by atoms with Crippen molar-refractivity contribution in [2.45, 2.75) is 46.1 Å². The number of carbonyl (C=O) groups excluding carboxylic acids is 1. The van der Waals surface area contributed by atoms with Gasteiger partial charge in [0.15, 0.2) is 0 Å². The Bertz CT molecular complexity index is 431. The summed E-state index contributed by atoms with van der Waals surface area (Å²) in [5, 5.41) is 9.04. The number of ketones is 1. The predicted molar refractivity (Wildman–Crippen MR) is 72.3 cm³/mol. The molecular weight excluding hydrogens is 224 g/mol. The first-order valence-electron chi connectivity index (χ1n) is 6.66. The van der Waals surface area contributed by atoms with E-state index < -0.39 is 0 Å². The van der Waals surface area contributed by atoms with Crippen molar-refractivity contribution in [1.29, 1.82) is 0 Å². The minimum atomic E-state index is 0.0758. The Morgan fingerprint density at radius 2 is 1.89 bits per heavy atom. The van der Waals surface area contributed by atoms with Gasteiger partial charge in [0, 0.05) is 12.3 Å². The third kappa shape index (κ3) is 2.49. The molecule has 0 aliphatic heterocycles.